The summed E-state index contributed by atoms with van der Waals surface area (Å²) in [6.45, 7) is 4.98. The van der Waals surface area contributed by atoms with Crippen LogP contribution >= 0.6 is 11.6 Å². The van der Waals surface area contributed by atoms with Gasteiger partial charge in [-0.05, 0) is 6.92 Å². The van der Waals surface area contributed by atoms with Crippen LogP contribution in [0.25, 0.3) is 0 Å². The molecular weight excluding hydrogens is 339 g/mol. The minimum absolute atomic E-state index is 0.0197. The molecule has 0 saturated carbocycles. The number of hydrogen-bond acceptors (Lipinski definition) is 7. The van der Waals surface area contributed by atoms with E-state index in [0.29, 0.717) is 45.8 Å². The first-order valence-corrected chi connectivity index (χ1v) is 8.24. The average molecular weight is 361 g/mol. The van der Waals surface area contributed by atoms with Crippen molar-refractivity contribution < 1.29 is 18.7 Å². The Morgan fingerprint density at radius 3 is 2.96 bits per heavy atom. The summed E-state index contributed by atoms with van der Waals surface area (Å²) in [5.74, 6) is -0.638. The molecule has 7 nitrogen and oxygen atoms in total. The van der Waals surface area contributed by atoms with Crippen LogP contribution in [0, 0.1) is 5.82 Å². The third-order valence-corrected chi connectivity index (χ3v) is 4.16. The number of piperazine rings is 1. The number of methoxy groups -OCH3 is 1. The molecule has 0 aromatic carbocycles. The average Bonchev–Trinajstić information content (AvgIpc) is 2.57. The molecule has 1 aliphatic rings. The zero-order chi connectivity index (χ0) is 17.5. The van der Waals surface area contributed by atoms with E-state index in [1.54, 1.807) is 14.0 Å². The zero-order valence-electron chi connectivity index (χ0n) is 13.9. The van der Waals surface area contributed by atoms with Crippen molar-refractivity contribution in [1.82, 2.24) is 14.9 Å². The third-order valence-electron chi connectivity index (χ3n) is 3.90. The summed E-state index contributed by atoms with van der Waals surface area (Å²) in [5.41, 5.74) is 0. The Morgan fingerprint density at radius 1 is 1.46 bits per heavy atom. The number of anilines is 1. The van der Waals surface area contributed by atoms with Gasteiger partial charge in [-0.3, -0.25) is 9.69 Å². The molecule has 0 aliphatic carbocycles. The Labute approximate surface area is 145 Å². The van der Waals surface area contributed by atoms with E-state index in [9.17, 15) is 9.18 Å². The first kappa shape index (κ1) is 18.8. The number of nitrogens with zero attached hydrogens (tertiary/aromatic N) is 4. The van der Waals surface area contributed by atoms with E-state index in [2.05, 4.69) is 14.9 Å². The van der Waals surface area contributed by atoms with Crippen LogP contribution in [0.3, 0.4) is 0 Å². The minimum atomic E-state index is -0.615. The van der Waals surface area contributed by atoms with Crippen molar-refractivity contribution in [2.24, 2.45) is 0 Å². The largest absolute Gasteiger partial charge is 0.466 e. The Morgan fingerprint density at radius 2 is 2.25 bits per heavy atom. The maximum Gasteiger partial charge on any atom is 0.307 e. The Kier molecular flexibility index (Phi) is 7.14. The maximum atomic E-state index is 14.1. The lowest BCUT2D eigenvalue weighted by Crippen LogP contribution is -2.55. The summed E-state index contributed by atoms with van der Waals surface area (Å²) in [6, 6.07) is 0.0197. The Hall–Kier alpha value is -1.51. The van der Waals surface area contributed by atoms with Crippen molar-refractivity contribution in [2.45, 2.75) is 19.4 Å². The second-order valence-corrected chi connectivity index (χ2v) is 5.81. The zero-order valence-corrected chi connectivity index (χ0v) is 14.6. The van der Waals surface area contributed by atoms with E-state index in [-0.39, 0.29) is 23.0 Å². The Bertz CT molecular complexity index is 564. The van der Waals surface area contributed by atoms with Gasteiger partial charge >= 0.3 is 5.97 Å². The van der Waals surface area contributed by atoms with Gasteiger partial charge in [0.25, 0.3) is 0 Å². The smallest absolute Gasteiger partial charge is 0.307 e. The van der Waals surface area contributed by atoms with Crippen molar-refractivity contribution in [3.05, 3.63) is 17.3 Å². The van der Waals surface area contributed by atoms with E-state index in [1.165, 1.54) is 6.33 Å². The van der Waals surface area contributed by atoms with Gasteiger partial charge in [-0.1, -0.05) is 11.6 Å². The predicted molar refractivity (Wildman–Crippen MR) is 87.7 cm³/mol. The molecule has 1 aromatic heterocycles. The van der Waals surface area contributed by atoms with Crippen LogP contribution in [0.15, 0.2) is 6.33 Å². The molecule has 0 N–H and O–H groups in total. The number of esters is 1. The first-order chi connectivity index (χ1) is 11.6. The van der Waals surface area contributed by atoms with Crippen molar-refractivity contribution >= 4 is 23.4 Å². The first-order valence-electron chi connectivity index (χ1n) is 7.86. The van der Waals surface area contributed by atoms with Crippen molar-refractivity contribution in [3.8, 4) is 0 Å². The minimum Gasteiger partial charge on any atom is -0.466 e. The molecule has 2 rings (SSSR count). The fraction of sp³-hybridized carbons (Fsp3) is 0.667. The second kappa shape index (κ2) is 9.10. The number of aromatic nitrogens is 2. The molecule has 9 heteroatoms. The second-order valence-electron chi connectivity index (χ2n) is 5.45. The van der Waals surface area contributed by atoms with Gasteiger partial charge in [-0.25, -0.2) is 9.97 Å². The molecule has 2 heterocycles. The van der Waals surface area contributed by atoms with Gasteiger partial charge in [0.15, 0.2) is 11.0 Å². The van der Waals surface area contributed by atoms with E-state index < -0.39 is 5.82 Å². The topological polar surface area (TPSA) is 67.8 Å². The van der Waals surface area contributed by atoms with Crippen molar-refractivity contribution in [2.75, 3.05) is 51.4 Å². The number of hydrogen-bond donors (Lipinski definition) is 0. The fourth-order valence-electron chi connectivity index (χ4n) is 2.76. The highest BCUT2D eigenvalue weighted by atomic mass is 35.5. The highest BCUT2D eigenvalue weighted by Crippen LogP contribution is 2.24. The summed E-state index contributed by atoms with van der Waals surface area (Å²) in [6.07, 6.45) is 1.57. The van der Waals surface area contributed by atoms with Crippen LogP contribution in [-0.4, -0.2) is 73.4 Å². The molecule has 24 heavy (non-hydrogen) atoms. The van der Waals surface area contributed by atoms with Crippen LogP contribution in [0.2, 0.25) is 5.15 Å². The molecule has 1 fully saturated rings. The lowest BCUT2D eigenvalue weighted by molar-refractivity contribution is -0.143. The molecule has 0 unspecified atom stereocenters. The molecule has 1 atom stereocenters. The molecule has 134 valence electrons. The van der Waals surface area contributed by atoms with E-state index in [1.807, 2.05) is 4.90 Å². The van der Waals surface area contributed by atoms with Crippen molar-refractivity contribution in [3.63, 3.8) is 0 Å². The molecule has 0 radical (unpaired) electrons. The van der Waals surface area contributed by atoms with Gasteiger partial charge < -0.3 is 14.4 Å². The molecular formula is C15H22ClFN4O3. The summed E-state index contributed by atoms with van der Waals surface area (Å²) in [5, 5.41) is -0.187. The normalized spacial score (nSPS) is 18.7. The highest BCUT2D eigenvalue weighted by Gasteiger charge is 2.29. The fourth-order valence-corrected chi connectivity index (χ4v) is 2.89. The SMILES string of the molecule is CCOC(=O)CCN1CCN(c2ncnc(Cl)c2F)C[C@H]1COC. The standard InChI is InChI=1S/C15H22ClFN4O3/c1-3-24-12(22)4-5-20-6-7-21(8-11(20)9-23-2)15-13(17)14(16)18-10-19-15/h10-11H,3-9H2,1-2H3/t11-/m0/s1. The predicted octanol–water partition coefficient (Wildman–Crippen LogP) is 1.36. The number of carbonyl (C=O) groups excluding carboxylic acids is 1. The van der Waals surface area contributed by atoms with Crippen LogP contribution in [0.5, 0.6) is 0 Å². The van der Waals surface area contributed by atoms with E-state index in [0.717, 1.165) is 0 Å². The van der Waals surface area contributed by atoms with Gasteiger partial charge in [-0.15, -0.1) is 0 Å². The van der Waals surface area contributed by atoms with Gasteiger partial charge in [0.05, 0.1) is 25.7 Å². The van der Waals surface area contributed by atoms with Crippen LogP contribution in [0.4, 0.5) is 10.2 Å². The van der Waals surface area contributed by atoms with Gasteiger partial charge in [0.2, 0.25) is 5.82 Å². The lowest BCUT2D eigenvalue weighted by atomic mass is 10.1. The molecule has 0 bridgehead atoms. The van der Waals surface area contributed by atoms with Gasteiger partial charge in [0.1, 0.15) is 6.33 Å². The van der Waals surface area contributed by atoms with Crippen LogP contribution in [-0.2, 0) is 14.3 Å². The van der Waals surface area contributed by atoms with Gasteiger partial charge in [-0.2, -0.15) is 4.39 Å². The molecule has 1 saturated heterocycles. The molecule has 0 spiro atoms. The summed E-state index contributed by atoms with van der Waals surface area (Å²) < 4.78 is 24.4. The molecule has 1 aliphatic heterocycles. The summed E-state index contributed by atoms with van der Waals surface area (Å²) >= 11 is 5.73. The van der Waals surface area contributed by atoms with Crippen LogP contribution < -0.4 is 4.90 Å². The third kappa shape index (κ3) is 4.75. The van der Waals surface area contributed by atoms with Crippen molar-refractivity contribution in [1.29, 1.82) is 0 Å². The monoisotopic (exact) mass is 360 g/mol. The van der Waals surface area contributed by atoms with E-state index in [4.69, 9.17) is 21.1 Å². The number of ether oxygens (including phenoxy) is 2. The highest BCUT2D eigenvalue weighted by molar-refractivity contribution is 6.29. The Balaban J connectivity index is 2.01. The van der Waals surface area contributed by atoms with E-state index >= 15 is 0 Å². The summed E-state index contributed by atoms with van der Waals surface area (Å²) in [7, 11) is 1.62. The number of rotatable bonds is 7. The number of halogens is 2. The van der Waals surface area contributed by atoms with Crippen LogP contribution in [0.1, 0.15) is 13.3 Å². The molecule has 0 amide bonds. The lowest BCUT2D eigenvalue weighted by Gasteiger charge is -2.41. The van der Waals surface area contributed by atoms with Gasteiger partial charge in [0, 0.05) is 33.3 Å². The number of carbonyl (C=O) groups is 1. The quantitative estimate of drug-likeness (QED) is 0.537. The maximum absolute atomic E-state index is 14.1. The molecule has 1 aromatic rings. The summed E-state index contributed by atoms with van der Waals surface area (Å²) in [4.78, 5) is 23.2.